The Morgan fingerprint density at radius 2 is 2.16 bits per heavy atom. The van der Waals surface area contributed by atoms with Crippen molar-refractivity contribution in [3.8, 4) is 0 Å². The molecule has 3 N–H and O–H groups in total. The SMILES string of the molecule is CCN(c1cccc(Br)c1/C(N)=N/O)C1CCCC1. The van der Waals surface area contributed by atoms with Crippen LogP contribution in [0.1, 0.15) is 38.2 Å². The van der Waals surface area contributed by atoms with Crippen molar-refractivity contribution >= 4 is 27.5 Å². The lowest BCUT2D eigenvalue weighted by Crippen LogP contribution is -2.35. The van der Waals surface area contributed by atoms with Gasteiger partial charge in [-0.25, -0.2) is 0 Å². The van der Waals surface area contributed by atoms with Gasteiger partial charge in [-0.2, -0.15) is 0 Å². The molecule has 0 amide bonds. The average Bonchev–Trinajstić information content (AvgIpc) is 2.93. The van der Waals surface area contributed by atoms with Gasteiger partial charge in [0.05, 0.1) is 5.56 Å². The molecule has 19 heavy (non-hydrogen) atoms. The van der Waals surface area contributed by atoms with Crippen molar-refractivity contribution in [3.63, 3.8) is 0 Å². The minimum atomic E-state index is 0.152. The summed E-state index contributed by atoms with van der Waals surface area (Å²) in [5, 5.41) is 12.1. The van der Waals surface area contributed by atoms with E-state index < -0.39 is 0 Å². The lowest BCUT2D eigenvalue weighted by atomic mass is 10.1. The van der Waals surface area contributed by atoms with Crippen molar-refractivity contribution in [1.82, 2.24) is 0 Å². The van der Waals surface area contributed by atoms with Gasteiger partial charge in [0.2, 0.25) is 0 Å². The van der Waals surface area contributed by atoms with Crippen LogP contribution in [-0.2, 0) is 0 Å². The van der Waals surface area contributed by atoms with Crippen LogP contribution in [0.5, 0.6) is 0 Å². The van der Waals surface area contributed by atoms with E-state index in [9.17, 15) is 0 Å². The number of hydrogen-bond acceptors (Lipinski definition) is 3. The molecule has 104 valence electrons. The van der Waals surface area contributed by atoms with Crippen LogP contribution in [0, 0.1) is 0 Å². The molecule has 0 saturated heterocycles. The third-order valence-electron chi connectivity index (χ3n) is 3.77. The second kappa shape index (κ2) is 6.28. The van der Waals surface area contributed by atoms with E-state index in [0.29, 0.717) is 6.04 Å². The second-order valence-electron chi connectivity index (χ2n) is 4.84. The molecule has 0 aliphatic heterocycles. The minimum absolute atomic E-state index is 0.152. The van der Waals surface area contributed by atoms with Gasteiger partial charge in [-0.05, 0) is 47.8 Å². The first-order chi connectivity index (χ1) is 9.19. The third kappa shape index (κ3) is 2.86. The monoisotopic (exact) mass is 325 g/mol. The first kappa shape index (κ1) is 14.2. The van der Waals surface area contributed by atoms with Gasteiger partial charge < -0.3 is 15.8 Å². The molecule has 0 aromatic heterocycles. The summed E-state index contributed by atoms with van der Waals surface area (Å²) in [5.41, 5.74) is 7.65. The molecule has 0 radical (unpaired) electrons. The zero-order valence-electron chi connectivity index (χ0n) is 11.1. The van der Waals surface area contributed by atoms with Crippen molar-refractivity contribution in [2.75, 3.05) is 11.4 Å². The number of hydrogen-bond donors (Lipinski definition) is 2. The Morgan fingerprint density at radius 3 is 2.74 bits per heavy atom. The average molecular weight is 326 g/mol. The first-order valence-corrected chi connectivity index (χ1v) is 7.51. The number of anilines is 1. The van der Waals surface area contributed by atoms with Gasteiger partial charge in [0, 0.05) is 22.7 Å². The maximum absolute atomic E-state index is 8.98. The minimum Gasteiger partial charge on any atom is -0.409 e. The summed E-state index contributed by atoms with van der Waals surface area (Å²) in [4.78, 5) is 2.37. The summed E-state index contributed by atoms with van der Waals surface area (Å²) >= 11 is 3.50. The fraction of sp³-hybridized carbons (Fsp3) is 0.500. The van der Waals surface area contributed by atoms with Crippen LogP contribution in [0.2, 0.25) is 0 Å². The molecule has 5 heteroatoms. The molecular weight excluding hydrogens is 306 g/mol. The number of halogens is 1. The van der Waals surface area contributed by atoms with Gasteiger partial charge in [-0.3, -0.25) is 0 Å². The lowest BCUT2D eigenvalue weighted by Gasteiger charge is -2.31. The molecule has 1 saturated carbocycles. The maximum atomic E-state index is 8.98. The Bertz CT molecular complexity index is 470. The van der Waals surface area contributed by atoms with Gasteiger partial charge in [0.15, 0.2) is 5.84 Å². The summed E-state index contributed by atoms with van der Waals surface area (Å²) in [6.45, 7) is 3.07. The molecule has 1 aliphatic carbocycles. The number of amidine groups is 1. The molecule has 1 aromatic rings. The van der Waals surface area contributed by atoms with Gasteiger partial charge >= 0.3 is 0 Å². The third-order valence-corrected chi connectivity index (χ3v) is 4.43. The van der Waals surface area contributed by atoms with Crippen molar-refractivity contribution in [2.45, 2.75) is 38.6 Å². The predicted molar refractivity (Wildman–Crippen MR) is 81.9 cm³/mol. The van der Waals surface area contributed by atoms with Crippen LogP contribution >= 0.6 is 15.9 Å². The molecule has 2 rings (SSSR count). The van der Waals surface area contributed by atoms with Crippen LogP contribution in [0.15, 0.2) is 27.8 Å². The Labute approximate surface area is 122 Å². The van der Waals surface area contributed by atoms with E-state index in [-0.39, 0.29) is 5.84 Å². The zero-order valence-corrected chi connectivity index (χ0v) is 12.7. The van der Waals surface area contributed by atoms with Gasteiger partial charge in [0.25, 0.3) is 0 Å². The van der Waals surface area contributed by atoms with Crippen LogP contribution < -0.4 is 10.6 Å². The van der Waals surface area contributed by atoms with E-state index in [0.717, 1.165) is 22.3 Å². The molecule has 1 fully saturated rings. The van der Waals surface area contributed by atoms with E-state index in [1.54, 1.807) is 0 Å². The largest absolute Gasteiger partial charge is 0.409 e. The van der Waals surface area contributed by atoms with Gasteiger partial charge in [-0.15, -0.1) is 0 Å². The maximum Gasteiger partial charge on any atom is 0.173 e. The topological polar surface area (TPSA) is 61.8 Å². The Balaban J connectivity index is 2.44. The second-order valence-corrected chi connectivity index (χ2v) is 5.70. The van der Waals surface area contributed by atoms with Crippen molar-refractivity contribution < 1.29 is 5.21 Å². The summed E-state index contributed by atoms with van der Waals surface area (Å²) in [7, 11) is 0. The molecule has 0 spiro atoms. The lowest BCUT2D eigenvalue weighted by molar-refractivity contribution is 0.318. The van der Waals surface area contributed by atoms with E-state index >= 15 is 0 Å². The summed E-state index contributed by atoms with van der Waals surface area (Å²) in [6, 6.07) is 6.51. The van der Waals surface area contributed by atoms with Crippen LogP contribution in [0.4, 0.5) is 5.69 Å². The summed E-state index contributed by atoms with van der Waals surface area (Å²) < 4.78 is 0.858. The fourth-order valence-electron chi connectivity index (χ4n) is 2.90. The van der Waals surface area contributed by atoms with Crippen molar-refractivity contribution in [2.24, 2.45) is 10.9 Å². The highest BCUT2D eigenvalue weighted by Crippen LogP contribution is 2.33. The first-order valence-electron chi connectivity index (χ1n) is 6.72. The standard InChI is InChI=1S/C14H20BrN3O/c1-2-18(10-6-3-4-7-10)12-9-5-8-11(15)13(12)14(16)17-19/h5,8-10,19H,2-4,6-7H2,1H3,(H2,16,17). The Morgan fingerprint density at radius 1 is 1.47 bits per heavy atom. The molecule has 0 bridgehead atoms. The van der Waals surface area contributed by atoms with Gasteiger partial charge in [-0.1, -0.05) is 24.1 Å². The van der Waals surface area contributed by atoms with Crippen LogP contribution in [0.25, 0.3) is 0 Å². The Kier molecular flexibility index (Phi) is 4.69. The van der Waals surface area contributed by atoms with Crippen molar-refractivity contribution in [1.29, 1.82) is 0 Å². The number of oxime groups is 1. The van der Waals surface area contributed by atoms with Crippen molar-refractivity contribution in [3.05, 3.63) is 28.2 Å². The Hall–Kier alpha value is -1.23. The predicted octanol–water partition coefficient (Wildman–Crippen LogP) is 3.31. The molecule has 4 nitrogen and oxygen atoms in total. The molecule has 0 atom stereocenters. The quantitative estimate of drug-likeness (QED) is 0.386. The molecule has 1 aromatic carbocycles. The number of nitrogens with two attached hydrogens (primary N) is 1. The normalized spacial score (nSPS) is 16.8. The smallest absolute Gasteiger partial charge is 0.173 e. The fourth-order valence-corrected chi connectivity index (χ4v) is 3.46. The van der Waals surface area contributed by atoms with E-state index in [1.165, 1.54) is 25.7 Å². The highest BCUT2D eigenvalue weighted by molar-refractivity contribution is 9.10. The highest BCUT2D eigenvalue weighted by atomic mass is 79.9. The van der Waals surface area contributed by atoms with E-state index in [1.807, 2.05) is 18.2 Å². The van der Waals surface area contributed by atoms with Crippen LogP contribution in [-0.4, -0.2) is 23.6 Å². The number of rotatable bonds is 4. The van der Waals surface area contributed by atoms with Gasteiger partial charge in [0.1, 0.15) is 0 Å². The molecular formula is C14H20BrN3O. The summed E-state index contributed by atoms with van der Waals surface area (Å²) in [6.07, 6.45) is 5.01. The summed E-state index contributed by atoms with van der Waals surface area (Å²) in [5.74, 6) is 0.152. The van der Waals surface area contributed by atoms with E-state index in [4.69, 9.17) is 10.9 Å². The molecule has 0 heterocycles. The number of benzene rings is 1. The number of nitrogens with zero attached hydrogens (tertiary/aromatic N) is 2. The molecule has 0 unspecified atom stereocenters. The van der Waals surface area contributed by atoms with E-state index in [2.05, 4.69) is 32.9 Å². The molecule has 1 aliphatic rings. The van der Waals surface area contributed by atoms with Crippen LogP contribution in [0.3, 0.4) is 0 Å². The highest BCUT2D eigenvalue weighted by Gasteiger charge is 2.25. The zero-order chi connectivity index (χ0) is 13.8.